The van der Waals surface area contributed by atoms with Gasteiger partial charge in [-0.2, -0.15) is 0 Å². The molecule has 148 valence electrons. The number of amides is 2. The number of carbonyl (C=O) groups excluding carboxylic acids is 3. The summed E-state index contributed by atoms with van der Waals surface area (Å²) in [6.07, 6.45) is 0.613. The van der Waals surface area contributed by atoms with Crippen LogP contribution in [0.25, 0.3) is 0 Å². The first-order valence-corrected chi connectivity index (χ1v) is 9.66. The predicted molar refractivity (Wildman–Crippen MR) is 101 cm³/mol. The van der Waals surface area contributed by atoms with E-state index in [9.17, 15) is 23.2 Å². The number of Topliss-reactive ketones (excluding diaryl/α,β-unsaturated/α-hetero) is 1. The van der Waals surface area contributed by atoms with Crippen LogP contribution >= 0.6 is 11.3 Å². The number of carbonyl (C=O) groups is 3. The zero-order valence-electron chi connectivity index (χ0n) is 15.0. The van der Waals surface area contributed by atoms with E-state index in [0.29, 0.717) is 43.5 Å². The maximum Gasteiger partial charge on any atom is 0.295 e. The summed E-state index contributed by atoms with van der Waals surface area (Å²) in [6, 6.07) is 6.28. The minimum absolute atomic E-state index is 0.0116. The first kappa shape index (κ1) is 20.1. The average molecular weight is 407 g/mol. The second kappa shape index (κ2) is 9.03. The molecule has 2 aromatic rings. The number of thiophene rings is 1. The molecule has 1 aromatic carbocycles. The molecule has 0 spiro atoms. The molecule has 3 rings (SSSR count). The molecule has 1 N–H and O–H groups in total. The third-order valence-electron chi connectivity index (χ3n) is 4.39. The Morgan fingerprint density at radius 2 is 1.89 bits per heavy atom. The van der Waals surface area contributed by atoms with Crippen LogP contribution in [0.5, 0.6) is 0 Å². The van der Waals surface area contributed by atoms with Gasteiger partial charge in [0.25, 0.3) is 11.7 Å². The third-order valence-corrected chi connectivity index (χ3v) is 5.26. The van der Waals surface area contributed by atoms with Crippen molar-refractivity contribution in [2.24, 2.45) is 0 Å². The Balaban J connectivity index is 1.52. The molecule has 1 aliphatic heterocycles. The fourth-order valence-electron chi connectivity index (χ4n) is 2.97. The van der Waals surface area contributed by atoms with Crippen LogP contribution in [0.1, 0.15) is 16.1 Å². The molecule has 0 atom stereocenters. The Kier molecular flexibility index (Phi) is 6.48. The van der Waals surface area contributed by atoms with Gasteiger partial charge in [-0.25, -0.2) is 8.78 Å². The standard InChI is InChI=1S/C19H19F2N3O3S/c20-13-4-5-15(14(21)11-13)22-17(25)12-23-6-2-7-24(9-8-23)19(27)18(26)16-3-1-10-28-16/h1,3-5,10-11H,2,6-9,12H2,(H,22,25). The van der Waals surface area contributed by atoms with Gasteiger partial charge in [0.2, 0.25) is 5.91 Å². The molecule has 0 saturated carbocycles. The first-order valence-electron chi connectivity index (χ1n) is 8.78. The largest absolute Gasteiger partial charge is 0.334 e. The van der Waals surface area contributed by atoms with Gasteiger partial charge in [-0.05, 0) is 30.0 Å². The summed E-state index contributed by atoms with van der Waals surface area (Å²) in [7, 11) is 0. The zero-order chi connectivity index (χ0) is 20.1. The molecular formula is C19H19F2N3O3S. The van der Waals surface area contributed by atoms with Gasteiger partial charge in [0, 0.05) is 32.2 Å². The second-order valence-electron chi connectivity index (χ2n) is 6.40. The van der Waals surface area contributed by atoms with Crippen molar-refractivity contribution in [1.82, 2.24) is 9.80 Å². The number of hydrogen-bond acceptors (Lipinski definition) is 5. The maximum absolute atomic E-state index is 13.6. The Morgan fingerprint density at radius 1 is 1.07 bits per heavy atom. The highest BCUT2D eigenvalue weighted by molar-refractivity contribution is 7.13. The van der Waals surface area contributed by atoms with Gasteiger partial charge in [-0.15, -0.1) is 11.3 Å². The lowest BCUT2D eigenvalue weighted by molar-refractivity contribution is -0.126. The highest BCUT2D eigenvalue weighted by Crippen LogP contribution is 2.15. The van der Waals surface area contributed by atoms with Crippen molar-refractivity contribution in [2.75, 3.05) is 38.0 Å². The van der Waals surface area contributed by atoms with Crippen LogP contribution in [0, 0.1) is 11.6 Å². The van der Waals surface area contributed by atoms with E-state index >= 15 is 0 Å². The normalized spacial score (nSPS) is 15.1. The van der Waals surface area contributed by atoms with Crippen LogP contribution in [0.3, 0.4) is 0 Å². The number of halogens is 2. The summed E-state index contributed by atoms with van der Waals surface area (Å²) in [5, 5.41) is 4.16. The summed E-state index contributed by atoms with van der Waals surface area (Å²) < 4.78 is 26.6. The van der Waals surface area contributed by atoms with Crippen LogP contribution in [-0.2, 0) is 9.59 Å². The Labute approximate surface area is 164 Å². The van der Waals surface area contributed by atoms with Crippen molar-refractivity contribution >= 4 is 34.6 Å². The van der Waals surface area contributed by atoms with Gasteiger partial charge >= 0.3 is 0 Å². The molecule has 6 nitrogen and oxygen atoms in total. The van der Waals surface area contributed by atoms with E-state index in [1.165, 1.54) is 22.3 Å². The van der Waals surface area contributed by atoms with Crippen molar-refractivity contribution in [1.29, 1.82) is 0 Å². The molecule has 0 bridgehead atoms. The summed E-state index contributed by atoms with van der Waals surface area (Å²) in [5.74, 6) is -3.05. The highest BCUT2D eigenvalue weighted by Gasteiger charge is 2.26. The zero-order valence-corrected chi connectivity index (χ0v) is 15.8. The molecule has 1 saturated heterocycles. The number of rotatable bonds is 5. The monoisotopic (exact) mass is 407 g/mol. The molecule has 0 aliphatic carbocycles. The molecule has 9 heteroatoms. The van der Waals surface area contributed by atoms with E-state index in [-0.39, 0.29) is 12.2 Å². The fraction of sp³-hybridized carbons (Fsp3) is 0.316. The van der Waals surface area contributed by atoms with E-state index in [4.69, 9.17) is 0 Å². The van der Waals surface area contributed by atoms with Gasteiger partial charge in [-0.3, -0.25) is 19.3 Å². The van der Waals surface area contributed by atoms with Crippen molar-refractivity contribution in [3.63, 3.8) is 0 Å². The van der Waals surface area contributed by atoms with E-state index in [0.717, 1.165) is 6.07 Å². The van der Waals surface area contributed by atoms with Gasteiger partial charge < -0.3 is 10.2 Å². The summed E-state index contributed by atoms with van der Waals surface area (Å²) in [5.41, 5.74) is -0.0837. The number of anilines is 1. The van der Waals surface area contributed by atoms with Crippen molar-refractivity contribution in [3.8, 4) is 0 Å². The third kappa shape index (κ3) is 4.99. The SMILES string of the molecule is O=C(CN1CCCN(C(=O)C(=O)c2cccs2)CC1)Nc1ccc(F)cc1F. The molecule has 2 amide bonds. The molecule has 1 aromatic heterocycles. The lowest BCUT2D eigenvalue weighted by atomic mass is 10.2. The van der Waals surface area contributed by atoms with Gasteiger partial charge in [0.15, 0.2) is 0 Å². The van der Waals surface area contributed by atoms with Crippen molar-refractivity contribution < 1.29 is 23.2 Å². The van der Waals surface area contributed by atoms with Gasteiger partial charge in [0.1, 0.15) is 11.6 Å². The summed E-state index contributed by atoms with van der Waals surface area (Å²) in [4.78, 5) is 40.5. The Bertz CT molecular complexity index is 873. The molecule has 28 heavy (non-hydrogen) atoms. The molecular weight excluding hydrogens is 388 g/mol. The average Bonchev–Trinajstić information content (AvgIpc) is 3.10. The molecule has 2 heterocycles. The van der Waals surface area contributed by atoms with Crippen LogP contribution in [0.15, 0.2) is 35.7 Å². The van der Waals surface area contributed by atoms with E-state index < -0.39 is 29.2 Å². The lowest BCUT2D eigenvalue weighted by Gasteiger charge is -2.21. The van der Waals surface area contributed by atoms with Crippen LogP contribution in [0.2, 0.25) is 0 Å². The number of nitrogens with zero attached hydrogens (tertiary/aromatic N) is 2. The second-order valence-corrected chi connectivity index (χ2v) is 7.35. The number of nitrogens with one attached hydrogen (secondary N) is 1. The lowest BCUT2D eigenvalue weighted by Crippen LogP contribution is -2.40. The quantitative estimate of drug-likeness (QED) is 0.610. The minimum Gasteiger partial charge on any atom is -0.334 e. The number of benzene rings is 1. The molecule has 1 aliphatic rings. The molecule has 1 fully saturated rings. The first-order chi connectivity index (χ1) is 13.4. The van der Waals surface area contributed by atoms with Crippen LogP contribution in [0.4, 0.5) is 14.5 Å². The van der Waals surface area contributed by atoms with Gasteiger partial charge in [-0.1, -0.05) is 6.07 Å². The molecule has 0 unspecified atom stereocenters. The predicted octanol–water partition coefficient (Wildman–Crippen LogP) is 2.38. The van der Waals surface area contributed by atoms with E-state index in [1.807, 2.05) is 4.90 Å². The topological polar surface area (TPSA) is 69.7 Å². The summed E-state index contributed by atoms with van der Waals surface area (Å²) >= 11 is 1.23. The van der Waals surface area contributed by atoms with Crippen LogP contribution in [-0.4, -0.2) is 60.1 Å². The Hall–Kier alpha value is -2.65. The number of hydrogen-bond donors (Lipinski definition) is 1. The fourth-order valence-corrected chi connectivity index (χ4v) is 3.63. The number of ketones is 1. The maximum atomic E-state index is 13.6. The van der Waals surface area contributed by atoms with E-state index in [1.54, 1.807) is 17.5 Å². The van der Waals surface area contributed by atoms with Gasteiger partial charge in [0.05, 0.1) is 17.1 Å². The minimum atomic E-state index is -0.840. The smallest absolute Gasteiger partial charge is 0.295 e. The molecule has 0 radical (unpaired) electrons. The van der Waals surface area contributed by atoms with Crippen LogP contribution < -0.4 is 5.32 Å². The summed E-state index contributed by atoms with van der Waals surface area (Å²) in [6.45, 7) is 1.76. The van der Waals surface area contributed by atoms with E-state index in [2.05, 4.69) is 5.32 Å². The van der Waals surface area contributed by atoms with Crippen molar-refractivity contribution in [3.05, 3.63) is 52.2 Å². The van der Waals surface area contributed by atoms with Crippen molar-refractivity contribution in [2.45, 2.75) is 6.42 Å². The highest BCUT2D eigenvalue weighted by atomic mass is 32.1. The Morgan fingerprint density at radius 3 is 2.61 bits per heavy atom.